The molecule has 4 N–H and O–H groups in total. The average Bonchev–Trinajstić information content (AvgIpc) is 2.33. The molecule has 0 atom stereocenters. The van der Waals surface area contributed by atoms with Crippen LogP contribution in [0.3, 0.4) is 0 Å². The molecule has 1 amide bonds. The molecule has 0 aromatic heterocycles. The Kier molecular flexibility index (Phi) is 12.2. The topological polar surface area (TPSA) is 147 Å². The summed E-state index contributed by atoms with van der Waals surface area (Å²) in [5, 5.41) is 28.5. The first-order valence-corrected chi connectivity index (χ1v) is 6.05. The van der Waals surface area contributed by atoms with Crippen molar-refractivity contribution in [3.05, 3.63) is 0 Å². The van der Waals surface area contributed by atoms with E-state index in [0.717, 1.165) is 4.90 Å². The van der Waals surface area contributed by atoms with E-state index in [2.05, 4.69) is 5.32 Å². The average molecular weight is 361 g/mol. The molecule has 0 spiro atoms. The first-order chi connectivity index (χ1) is 9.74. The molecule has 0 aromatic carbocycles. The van der Waals surface area contributed by atoms with Crippen LogP contribution in [-0.4, -0.2) is 95.3 Å². The van der Waals surface area contributed by atoms with Gasteiger partial charge in [0.05, 0.1) is 26.2 Å². The van der Waals surface area contributed by atoms with Crippen LogP contribution in [0.15, 0.2) is 0 Å². The Hall–Kier alpha value is -1.68. The van der Waals surface area contributed by atoms with Crippen molar-refractivity contribution in [3.63, 3.8) is 0 Å². The van der Waals surface area contributed by atoms with Crippen molar-refractivity contribution >= 4 is 23.8 Å². The summed E-state index contributed by atoms with van der Waals surface area (Å²) in [7, 11) is 1.41. The molecule has 0 aliphatic rings. The molecule has 0 radical (unpaired) electrons. The zero-order valence-corrected chi connectivity index (χ0v) is 13.1. The smallest absolute Gasteiger partial charge is 0.480 e. The van der Waals surface area contributed by atoms with Gasteiger partial charge in [0.15, 0.2) is 0 Å². The molecule has 10 nitrogen and oxygen atoms in total. The molecule has 0 saturated carbocycles. The maximum Gasteiger partial charge on any atom is 2.00 e. The second kappa shape index (κ2) is 11.9. The third-order valence-corrected chi connectivity index (χ3v) is 2.46. The van der Waals surface area contributed by atoms with Crippen LogP contribution in [0, 0.1) is 0 Å². The molecule has 22 heavy (non-hydrogen) atoms. The first kappa shape index (κ1) is 22.6. The molecule has 0 aromatic rings. The molecule has 11 heteroatoms. The van der Waals surface area contributed by atoms with E-state index in [1.165, 1.54) is 11.9 Å². The Balaban J connectivity index is 0. The minimum Gasteiger partial charge on any atom is -0.480 e. The summed E-state index contributed by atoms with van der Waals surface area (Å²) < 4.78 is 0. The minimum absolute atomic E-state index is 0. The zero-order valence-electron chi connectivity index (χ0n) is 12.0. The van der Waals surface area contributed by atoms with E-state index in [1.54, 1.807) is 0 Å². The molecule has 126 valence electrons. The number of hydrogen-bond acceptors (Lipinski definition) is 6. The number of aliphatic carboxylic acids is 3. The van der Waals surface area contributed by atoms with Crippen molar-refractivity contribution in [1.29, 1.82) is 0 Å². The molecule has 0 saturated heterocycles. The van der Waals surface area contributed by atoms with Crippen molar-refractivity contribution in [3.8, 4) is 0 Å². The number of rotatable bonds is 11. The predicted molar refractivity (Wildman–Crippen MR) is 69.9 cm³/mol. The number of carbonyl (C=O) groups is 4. The molecular formula is C11H19FeN3O7+2. The van der Waals surface area contributed by atoms with Gasteiger partial charge in [0, 0.05) is 20.1 Å². The quantitative estimate of drug-likeness (QED) is 0.295. The van der Waals surface area contributed by atoms with Crippen molar-refractivity contribution < 1.29 is 51.6 Å². The summed E-state index contributed by atoms with van der Waals surface area (Å²) in [5.41, 5.74) is 0. The summed E-state index contributed by atoms with van der Waals surface area (Å²) in [5.74, 6) is -3.90. The summed E-state index contributed by atoms with van der Waals surface area (Å²) >= 11 is 0. The summed E-state index contributed by atoms with van der Waals surface area (Å²) in [6, 6.07) is 0. The molecule has 0 rings (SSSR count). The summed E-state index contributed by atoms with van der Waals surface area (Å²) in [4.78, 5) is 45.7. The van der Waals surface area contributed by atoms with E-state index < -0.39 is 37.5 Å². The Labute approximate surface area is 137 Å². The first-order valence-electron chi connectivity index (χ1n) is 6.05. The maximum atomic E-state index is 11.3. The van der Waals surface area contributed by atoms with Gasteiger partial charge in [0.25, 0.3) is 0 Å². The third kappa shape index (κ3) is 12.1. The Morgan fingerprint density at radius 3 is 1.36 bits per heavy atom. The van der Waals surface area contributed by atoms with Gasteiger partial charge in [-0.15, -0.1) is 0 Å². The van der Waals surface area contributed by atoms with Crippen LogP contribution in [0.2, 0.25) is 0 Å². The second-order valence-corrected chi connectivity index (χ2v) is 4.28. The van der Waals surface area contributed by atoms with Crippen LogP contribution in [-0.2, 0) is 36.2 Å². The van der Waals surface area contributed by atoms with Crippen LogP contribution >= 0.6 is 0 Å². The number of carboxylic acid groups (broad SMARTS) is 3. The predicted octanol–water partition coefficient (Wildman–Crippen LogP) is -2.41. The van der Waals surface area contributed by atoms with Gasteiger partial charge in [0.1, 0.15) is 0 Å². The SMILES string of the molecule is CNC(=O)CN(CCN(CC(=O)O)CC(=O)O)CC(=O)O.[Fe+2]. The number of nitrogens with zero attached hydrogens (tertiary/aromatic N) is 2. The molecule has 0 heterocycles. The Morgan fingerprint density at radius 2 is 1.09 bits per heavy atom. The van der Waals surface area contributed by atoms with Crippen LogP contribution in [0.5, 0.6) is 0 Å². The van der Waals surface area contributed by atoms with Crippen molar-refractivity contribution in [2.45, 2.75) is 0 Å². The van der Waals surface area contributed by atoms with Gasteiger partial charge in [-0.2, -0.15) is 0 Å². The van der Waals surface area contributed by atoms with Gasteiger partial charge < -0.3 is 20.6 Å². The number of likely N-dealkylation sites (N-methyl/N-ethyl adjacent to an activating group) is 1. The van der Waals surface area contributed by atoms with E-state index in [9.17, 15) is 19.2 Å². The third-order valence-electron chi connectivity index (χ3n) is 2.46. The second-order valence-electron chi connectivity index (χ2n) is 4.28. The zero-order chi connectivity index (χ0) is 16.4. The van der Waals surface area contributed by atoms with Gasteiger partial charge in [-0.05, 0) is 0 Å². The molecular weight excluding hydrogens is 342 g/mol. The van der Waals surface area contributed by atoms with E-state index in [-0.39, 0.29) is 42.6 Å². The number of amides is 1. The standard InChI is InChI=1S/C11H19N3O7.Fe/c1-12-8(15)4-13(5-9(16)17)2-3-14(6-10(18)19)7-11(20)21;/h2-7H2,1H3,(H,12,15)(H,16,17)(H,18,19)(H,20,21);/q;+2. The largest absolute Gasteiger partial charge is 2.00 e. The van der Waals surface area contributed by atoms with Crippen molar-refractivity contribution in [2.75, 3.05) is 46.3 Å². The molecule has 0 aliphatic carbocycles. The monoisotopic (exact) mass is 361 g/mol. The van der Waals surface area contributed by atoms with Crippen LogP contribution in [0.25, 0.3) is 0 Å². The van der Waals surface area contributed by atoms with E-state index in [0.29, 0.717) is 0 Å². The Morgan fingerprint density at radius 1 is 0.773 bits per heavy atom. The fraction of sp³-hybridized carbons (Fsp3) is 0.636. The fourth-order valence-corrected chi connectivity index (χ4v) is 1.57. The number of hydrogen-bond donors (Lipinski definition) is 4. The molecule has 0 bridgehead atoms. The number of carbonyl (C=O) groups excluding carboxylic acids is 1. The van der Waals surface area contributed by atoms with Gasteiger partial charge in [-0.3, -0.25) is 29.0 Å². The normalized spacial score (nSPS) is 10.1. The number of nitrogens with one attached hydrogen (secondary N) is 1. The molecule has 0 aliphatic heterocycles. The summed E-state index contributed by atoms with van der Waals surface area (Å²) in [6.45, 7) is -1.46. The molecule has 0 fully saturated rings. The van der Waals surface area contributed by atoms with Gasteiger partial charge in [-0.25, -0.2) is 0 Å². The van der Waals surface area contributed by atoms with Crippen LogP contribution < -0.4 is 5.32 Å². The maximum absolute atomic E-state index is 11.3. The summed E-state index contributed by atoms with van der Waals surface area (Å²) in [6.07, 6.45) is 0. The Bertz CT molecular complexity index is 389. The number of carboxylic acids is 3. The van der Waals surface area contributed by atoms with Gasteiger partial charge in [0.2, 0.25) is 5.91 Å². The van der Waals surface area contributed by atoms with E-state index >= 15 is 0 Å². The van der Waals surface area contributed by atoms with E-state index in [1.807, 2.05) is 0 Å². The van der Waals surface area contributed by atoms with Crippen LogP contribution in [0.4, 0.5) is 0 Å². The van der Waals surface area contributed by atoms with Gasteiger partial charge >= 0.3 is 35.0 Å². The minimum atomic E-state index is -1.19. The van der Waals surface area contributed by atoms with Crippen LogP contribution in [0.1, 0.15) is 0 Å². The van der Waals surface area contributed by atoms with Crippen molar-refractivity contribution in [1.82, 2.24) is 15.1 Å². The fourth-order valence-electron chi connectivity index (χ4n) is 1.57. The van der Waals surface area contributed by atoms with Crippen molar-refractivity contribution in [2.24, 2.45) is 0 Å². The molecule has 0 unspecified atom stereocenters. The van der Waals surface area contributed by atoms with Gasteiger partial charge in [-0.1, -0.05) is 0 Å². The van der Waals surface area contributed by atoms with E-state index in [4.69, 9.17) is 15.3 Å².